The molecule has 2 aliphatic rings. The van der Waals surface area contributed by atoms with Crippen LogP contribution in [0, 0.1) is 17.8 Å². The second-order valence-electron chi connectivity index (χ2n) is 4.23. The minimum atomic E-state index is 0.417. The fourth-order valence-corrected chi connectivity index (χ4v) is 2.29. The molecule has 1 nitrogen and oxygen atoms in total. The van der Waals surface area contributed by atoms with E-state index < -0.39 is 0 Å². The molecule has 0 aromatic carbocycles. The van der Waals surface area contributed by atoms with E-state index in [1.807, 2.05) is 0 Å². The molecule has 2 aliphatic carbocycles. The van der Waals surface area contributed by atoms with Crippen molar-refractivity contribution in [2.24, 2.45) is 17.8 Å². The van der Waals surface area contributed by atoms with E-state index in [0.717, 1.165) is 11.8 Å². The molecule has 62 valence electrons. The third kappa shape index (κ3) is 1.21. The molecule has 0 amide bonds. The zero-order chi connectivity index (χ0) is 7.84. The van der Waals surface area contributed by atoms with Crippen LogP contribution in [0.1, 0.15) is 39.0 Å². The molecule has 0 aliphatic heterocycles. The van der Waals surface area contributed by atoms with Gasteiger partial charge in [-0.3, -0.25) is 4.79 Å². The molecular formula is C10H16O. The van der Waals surface area contributed by atoms with Crippen LogP contribution in [0.15, 0.2) is 0 Å². The molecule has 0 saturated heterocycles. The number of rotatable bonds is 2. The van der Waals surface area contributed by atoms with Crippen molar-refractivity contribution in [3.63, 3.8) is 0 Å². The molecular weight excluding hydrogens is 136 g/mol. The molecule has 0 aromatic heterocycles. The van der Waals surface area contributed by atoms with Crippen LogP contribution in [0.3, 0.4) is 0 Å². The summed E-state index contributed by atoms with van der Waals surface area (Å²) in [5, 5.41) is 0. The van der Waals surface area contributed by atoms with Gasteiger partial charge in [-0.2, -0.15) is 0 Å². The molecule has 2 fully saturated rings. The van der Waals surface area contributed by atoms with Crippen LogP contribution in [0.2, 0.25) is 0 Å². The SMILES string of the molecule is CC(=O)C1CC(C2CCC2)C1. The Morgan fingerprint density at radius 2 is 1.82 bits per heavy atom. The molecule has 11 heavy (non-hydrogen) atoms. The van der Waals surface area contributed by atoms with Crippen molar-refractivity contribution >= 4 is 5.78 Å². The van der Waals surface area contributed by atoms with Crippen LogP contribution in [0.5, 0.6) is 0 Å². The fraction of sp³-hybridized carbons (Fsp3) is 0.900. The lowest BCUT2D eigenvalue weighted by Gasteiger charge is -2.43. The highest BCUT2D eigenvalue weighted by Crippen LogP contribution is 2.46. The third-order valence-corrected chi connectivity index (χ3v) is 3.57. The minimum absolute atomic E-state index is 0.417. The lowest BCUT2D eigenvalue weighted by atomic mass is 9.61. The summed E-state index contributed by atoms with van der Waals surface area (Å²) in [5.41, 5.74) is 0. The third-order valence-electron chi connectivity index (χ3n) is 3.57. The van der Waals surface area contributed by atoms with Crippen molar-refractivity contribution in [3.05, 3.63) is 0 Å². The topological polar surface area (TPSA) is 17.1 Å². The number of carbonyl (C=O) groups is 1. The maximum atomic E-state index is 10.9. The van der Waals surface area contributed by atoms with Crippen LogP contribution in [-0.2, 0) is 4.79 Å². The lowest BCUT2D eigenvalue weighted by Crippen LogP contribution is -2.36. The second-order valence-corrected chi connectivity index (χ2v) is 4.23. The van der Waals surface area contributed by atoms with Crippen LogP contribution in [-0.4, -0.2) is 5.78 Å². The van der Waals surface area contributed by atoms with Crippen LogP contribution < -0.4 is 0 Å². The largest absolute Gasteiger partial charge is 0.300 e. The van der Waals surface area contributed by atoms with Gasteiger partial charge in [0.05, 0.1) is 0 Å². The Balaban J connectivity index is 1.74. The first-order valence-electron chi connectivity index (χ1n) is 4.78. The first kappa shape index (κ1) is 7.33. The Bertz CT molecular complexity index is 164. The van der Waals surface area contributed by atoms with Crippen LogP contribution in [0.4, 0.5) is 0 Å². The maximum absolute atomic E-state index is 10.9. The summed E-state index contributed by atoms with van der Waals surface area (Å²) in [5.74, 6) is 2.80. The average molecular weight is 152 g/mol. The zero-order valence-corrected chi connectivity index (χ0v) is 7.18. The molecule has 0 atom stereocenters. The Kier molecular flexibility index (Phi) is 1.74. The second kappa shape index (κ2) is 2.62. The van der Waals surface area contributed by atoms with Gasteiger partial charge in [0.15, 0.2) is 0 Å². The molecule has 0 radical (unpaired) electrons. The summed E-state index contributed by atoms with van der Waals surface area (Å²) in [6.07, 6.45) is 6.73. The number of hydrogen-bond donors (Lipinski definition) is 0. The summed E-state index contributed by atoms with van der Waals surface area (Å²) >= 11 is 0. The van der Waals surface area contributed by atoms with Gasteiger partial charge in [0.25, 0.3) is 0 Å². The summed E-state index contributed by atoms with van der Waals surface area (Å²) < 4.78 is 0. The van der Waals surface area contributed by atoms with Gasteiger partial charge in [0, 0.05) is 5.92 Å². The van der Waals surface area contributed by atoms with Crippen molar-refractivity contribution in [1.29, 1.82) is 0 Å². The number of carbonyl (C=O) groups excluding carboxylic acids is 1. The van der Waals surface area contributed by atoms with E-state index >= 15 is 0 Å². The molecule has 2 saturated carbocycles. The Morgan fingerprint density at radius 3 is 2.18 bits per heavy atom. The van der Waals surface area contributed by atoms with E-state index in [4.69, 9.17) is 0 Å². The minimum Gasteiger partial charge on any atom is -0.300 e. The van der Waals surface area contributed by atoms with E-state index in [0.29, 0.717) is 11.7 Å². The average Bonchev–Trinajstić information content (AvgIpc) is 1.70. The van der Waals surface area contributed by atoms with Gasteiger partial charge in [-0.25, -0.2) is 0 Å². The van der Waals surface area contributed by atoms with E-state index in [9.17, 15) is 4.79 Å². The summed E-state index contributed by atoms with van der Waals surface area (Å²) in [4.78, 5) is 10.9. The molecule has 0 spiro atoms. The summed E-state index contributed by atoms with van der Waals surface area (Å²) in [6.45, 7) is 1.74. The molecule has 0 unspecified atom stereocenters. The van der Waals surface area contributed by atoms with Crippen molar-refractivity contribution in [2.75, 3.05) is 0 Å². The normalized spacial score (nSPS) is 37.5. The van der Waals surface area contributed by atoms with Crippen molar-refractivity contribution in [3.8, 4) is 0 Å². The number of hydrogen-bond acceptors (Lipinski definition) is 1. The fourth-order valence-electron chi connectivity index (χ4n) is 2.29. The predicted octanol–water partition coefficient (Wildman–Crippen LogP) is 2.40. The van der Waals surface area contributed by atoms with E-state index in [1.54, 1.807) is 6.92 Å². The Morgan fingerprint density at radius 1 is 1.18 bits per heavy atom. The van der Waals surface area contributed by atoms with E-state index in [1.165, 1.54) is 32.1 Å². The smallest absolute Gasteiger partial charge is 0.132 e. The van der Waals surface area contributed by atoms with Gasteiger partial charge in [-0.15, -0.1) is 0 Å². The van der Waals surface area contributed by atoms with E-state index in [2.05, 4.69) is 0 Å². The van der Waals surface area contributed by atoms with Gasteiger partial charge >= 0.3 is 0 Å². The summed E-state index contributed by atoms with van der Waals surface area (Å²) in [6, 6.07) is 0. The highest BCUT2D eigenvalue weighted by Gasteiger charge is 2.39. The van der Waals surface area contributed by atoms with E-state index in [-0.39, 0.29) is 0 Å². The predicted molar refractivity (Wildman–Crippen MR) is 44.2 cm³/mol. The molecule has 0 heterocycles. The van der Waals surface area contributed by atoms with Gasteiger partial charge in [-0.1, -0.05) is 19.3 Å². The van der Waals surface area contributed by atoms with Gasteiger partial charge in [-0.05, 0) is 31.6 Å². The van der Waals surface area contributed by atoms with Gasteiger partial charge in [0.1, 0.15) is 5.78 Å². The molecule has 0 bridgehead atoms. The van der Waals surface area contributed by atoms with Gasteiger partial charge in [0.2, 0.25) is 0 Å². The monoisotopic (exact) mass is 152 g/mol. The molecule has 0 aromatic rings. The quantitative estimate of drug-likeness (QED) is 0.593. The lowest BCUT2D eigenvalue weighted by molar-refractivity contribution is -0.126. The summed E-state index contributed by atoms with van der Waals surface area (Å²) in [7, 11) is 0. The number of ketones is 1. The number of Topliss-reactive ketones (excluding diaryl/α,β-unsaturated/α-hetero) is 1. The van der Waals surface area contributed by atoms with Crippen LogP contribution in [0.25, 0.3) is 0 Å². The zero-order valence-electron chi connectivity index (χ0n) is 7.18. The highest BCUT2D eigenvalue weighted by atomic mass is 16.1. The molecule has 1 heteroatoms. The maximum Gasteiger partial charge on any atom is 0.132 e. The first-order valence-corrected chi connectivity index (χ1v) is 4.78. The van der Waals surface area contributed by atoms with Crippen molar-refractivity contribution < 1.29 is 4.79 Å². The Labute approximate surface area is 68.2 Å². The Hall–Kier alpha value is -0.330. The first-order chi connectivity index (χ1) is 5.27. The highest BCUT2D eigenvalue weighted by molar-refractivity contribution is 5.79. The standard InChI is InChI=1S/C10H16O/c1-7(11)9-5-10(6-9)8-3-2-4-8/h8-10H,2-6H2,1H3. The van der Waals surface area contributed by atoms with Crippen LogP contribution >= 0.6 is 0 Å². The van der Waals surface area contributed by atoms with Crippen molar-refractivity contribution in [2.45, 2.75) is 39.0 Å². The molecule has 0 N–H and O–H groups in total. The van der Waals surface area contributed by atoms with Gasteiger partial charge < -0.3 is 0 Å². The molecule has 2 rings (SSSR count). The van der Waals surface area contributed by atoms with Crippen molar-refractivity contribution in [1.82, 2.24) is 0 Å².